The molecule has 2 aromatic rings. The molecule has 1 N–H and O–H groups in total. The van der Waals surface area contributed by atoms with Gasteiger partial charge in [0.25, 0.3) is 5.91 Å². The van der Waals surface area contributed by atoms with E-state index in [0.717, 1.165) is 43.1 Å². The first-order valence-corrected chi connectivity index (χ1v) is 10.6. The van der Waals surface area contributed by atoms with Crippen LogP contribution in [0.25, 0.3) is 6.08 Å². The van der Waals surface area contributed by atoms with Crippen molar-refractivity contribution in [3.8, 4) is 11.5 Å². The Labute approximate surface area is 175 Å². The highest BCUT2D eigenvalue weighted by Crippen LogP contribution is 2.34. The SMILES string of the molecule is COc1cc(/C=C2\SC(N3CCC(Cc4ccccc4)CC3)=NC2=O)ccc1O. The first-order chi connectivity index (χ1) is 14.1. The van der Waals surface area contributed by atoms with Gasteiger partial charge in [-0.1, -0.05) is 36.4 Å². The minimum atomic E-state index is -0.205. The number of carbonyl (C=O) groups excluding carboxylic acids is 1. The fourth-order valence-electron chi connectivity index (χ4n) is 3.74. The largest absolute Gasteiger partial charge is 0.504 e. The lowest BCUT2D eigenvalue weighted by Gasteiger charge is -2.32. The molecule has 1 fully saturated rings. The Morgan fingerprint density at radius 3 is 2.69 bits per heavy atom. The predicted molar refractivity (Wildman–Crippen MR) is 117 cm³/mol. The Morgan fingerprint density at radius 1 is 1.21 bits per heavy atom. The molecule has 0 atom stereocenters. The lowest BCUT2D eigenvalue weighted by Crippen LogP contribution is -2.37. The summed E-state index contributed by atoms with van der Waals surface area (Å²) >= 11 is 1.43. The number of carbonyl (C=O) groups is 1. The number of nitrogens with zero attached hydrogens (tertiary/aromatic N) is 2. The smallest absolute Gasteiger partial charge is 0.286 e. The molecule has 5 nitrogen and oxygen atoms in total. The molecule has 1 amide bonds. The number of ether oxygens (including phenoxy) is 1. The van der Waals surface area contributed by atoms with Crippen LogP contribution in [0.15, 0.2) is 58.4 Å². The average Bonchev–Trinajstić information content (AvgIpc) is 3.11. The zero-order chi connectivity index (χ0) is 20.2. The molecule has 0 aliphatic carbocycles. The third-order valence-electron chi connectivity index (χ3n) is 5.36. The van der Waals surface area contributed by atoms with E-state index in [4.69, 9.17) is 4.74 Å². The highest BCUT2D eigenvalue weighted by atomic mass is 32.2. The molecule has 0 bridgehead atoms. The van der Waals surface area contributed by atoms with Crippen LogP contribution in [-0.2, 0) is 11.2 Å². The van der Waals surface area contributed by atoms with Crippen molar-refractivity contribution in [3.63, 3.8) is 0 Å². The van der Waals surface area contributed by atoms with E-state index in [1.807, 2.05) is 0 Å². The van der Waals surface area contributed by atoms with Crippen molar-refractivity contribution in [3.05, 3.63) is 64.6 Å². The molecule has 2 aromatic carbocycles. The number of likely N-dealkylation sites (tertiary alicyclic amines) is 1. The lowest BCUT2D eigenvalue weighted by molar-refractivity contribution is -0.113. The molecular formula is C23H24N2O3S. The van der Waals surface area contributed by atoms with Gasteiger partial charge in [-0.2, -0.15) is 4.99 Å². The highest BCUT2D eigenvalue weighted by Gasteiger charge is 2.29. The summed E-state index contributed by atoms with van der Waals surface area (Å²) in [5, 5.41) is 10.5. The van der Waals surface area contributed by atoms with E-state index in [2.05, 4.69) is 40.2 Å². The van der Waals surface area contributed by atoms with Gasteiger partial charge in [0.1, 0.15) is 0 Å². The molecule has 4 rings (SSSR count). The van der Waals surface area contributed by atoms with E-state index in [1.165, 1.54) is 24.4 Å². The van der Waals surface area contributed by atoms with Crippen LogP contribution in [0.5, 0.6) is 11.5 Å². The topological polar surface area (TPSA) is 62.1 Å². The predicted octanol–water partition coefficient (Wildman–Crippen LogP) is 4.33. The number of hydrogen-bond acceptors (Lipinski definition) is 5. The van der Waals surface area contributed by atoms with Crippen molar-refractivity contribution in [2.24, 2.45) is 10.9 Å². The maximum atomic E-state index is 12.4. The normalized spacial score (nSPS) is 18.9. The summed E-state index contributed by atoms with van der Waals surface area (Å²) in [5.74, 6) is 0.936. The third-order valence-corrected chi connectivity index (χ3v) is 6.41. The second-order valence-electron chi connectivity index (χ2n) is 7.36. The van der Waals surface area contributed by atoms with Crippen LogP contribution < -0.4 is 4.74 Å². The molecular weight excluding hydrogens is 384 g/mol. The number of thioether (sulfide) groups is 1. The molecule has 2 heterocycles. The van der Waals surface area contributed by atoms with Gasteiger partial charge >= 0.3 is 0 Å². The summed E-state index contributed by atoms with van der Waals surface area (Å²) in [5.41, 5.74) is 2.19. The van der Waals surface area contributed by atoms with Crippen LogP contribution in [0, 0.1) is 5.92 Å². The zero-order valence-corrected chi connectivity index (χ0v) is 17.2. The number of hydrogen-bond donors (Lipinski definition) is 1. The van der Waals surface area contributed by atoms with Gasteiger partial charge in [0.05, 0.1) is 12.0 Å². The van der Waals surface area contributed by atoms with E-state index in [0.29, 0.717) is 16.6 Å². The van der Waals surface area contributed by atoms with Crippen molar-refractivity contribution in [2.45, 2.75) is 19.3 Å². The van der Waals surface area contributed by atoms with Gasteiger partial charge in [0.15, 0.2) is 16.7 Å². The molecule has 0 radical (unpaired) electrons. The van der Waals surface area contributed by atoms with Crippen molar-refractivity contribution < 1.29 is 14.6 Å². The summed E-state index contributed by atoms with van der Waals surface area (Å²) in [6.07, 6.45) is 5.13. The summed E-state index contributed by atoms with van der Waals surface area (Å²) in [7, 11) is 1.50. The van der Waals surface area contributed by atoms with Gasteiger partial charge in [0, 0.05) is 13.1 Å². The molecule has 0 saturated carbocycles. The summed E-state index contributed by atoms with van der Waals surface area (Å²) in [4.78, 5) is 19.5. The number of amidine groups is 1. The van der Waals surface area contributed by atoms with E-state index >= 15 is 0 Å². The van der Waals surface area contributed by atoms with E-state index in [-0.39, 0.29) is 11.7 Å². The van der Waals surface area contributed by atoms with Crippen molar-refractivity contribution in [2.75, 3.05) is 20.2 Å². The molecule has 0 unspecified atom stereocenters. The lowest BCUT2D eigenvalue weighted by atomic mass is 9.90. The van der Waals surface area contributed by atoms with Crippen LogP contribution in [-0.4, -0.2) is 41.3 Å². The molecule has 29 heavy (non-hydrogen) atoms. The Kier molecular flexibility index (Phi) is 5.90. The zero-order valence-electron chi connectivity index (χ0n) is 16.4. The number of amides is 1. The van der Waals surface area contributed by atoms with Gasteiger partial charge in [-0.3, -0.25) is 4.79 Å². The number of benzene rings is 2. The minimum absolute atomic E-state index is 0.0790. The van der Waals surface area contributed by atoms with Crippen LogP contribution in [0.2, 0.25) is 0 Å². The highest BCUT2D eigenvalue weighted by molar-refractivity contribution is 8.18. The third kappa shape index (κ3) is 4.65. The first-order valence-electron chi connectivity index (χ1n) is 9.81. The molecule has 6 heteroatoms. The quantitative estimate of drug-likeness (QED) is 0.763. The molecule has 2 aliphatic heterocycles. The number of phenolic OH excluding ortho intramolecular Hbond substituents is 1. The maximum Gasteiger partial charge on any atom is 0.286 e. The Hall–Kier alpha value is -2.73. The maximum absolute atomic E-state index is 12.4. The Balaban J connectivity index is 1.36. The van der Waals surface area contributed by atoms with Gasteiger partial charge in [-0.15, -0.1) is 0 Å². The van der Waals surface area contributed by atoms with Crippen LogP contribution in [0.4, 0.5) is 0 Å². The number of piperidine rings is 1. The first kappa shape index (κ1) is 19.6. The van der Waals surface area contributed by atoms with Crippen LogP contribution >= 0.6 is 11.8 Å². The minimum Gasteiger partial charge on any atom is -0.504 e. The second-order valence-corrected chi connectivity index (χ2v) is 8.37. The molecule has 0 aromatic heterocycles. The van der Waals surface area contributed by atoms with Gasteiger partial charge in [-0.05, 0) is 66.3 Å². The number of methoxy groups -OCH3 is 1. The Morgan fingerprint density at radius 2 is 1.97 bits per heavy atom. The molecule has 150 valence electrons. The van der Waals surface area contributed by atoms with Gasteiger partial charge in [0.2, 0.25) is 0 Å². The van der Waals surface area contributed by atoms with Gasteiger partial charge < -0.3 is 14.7 Å². The van der Waals surface area contributed by atoms with Crippen molar-refractivity contribution >= 4 is 28.9 Å². The van der Waals surface area contributed by atoms with Gasteiger partial charge in [-0.25, -0.2) is 0 Å². The summed E-state index contributed by atoms with van der Waals surface area (Å²) < 4.78 is 5.14. The monoisotopic (exact) mass is 408 g/mol. The Bertz CT molecular complexity index is 948. The average molecular weight is 409 g/mol. The van der Waals surface area contributed by atoms with E-state index in [9.17, 15) is 9.90 Å². The van der Waals surface area contributed by atoms with E-state index < -0.39 is 0 Å². The fourth-order valence-corrected chi connectivity index (χ4v) is 4.71. The summed E-state index contributed by atoms with van der Waals surface area (Å²) in [6, 6.07) is 15.7. The summed E-state index contributed by atoms with van der Waals surface area (Å²) in [6.45, 7) is 1.86. The molecule has 0 spiro atoms. The number of rotatable bonds is 4. The van der Waals surface area contributed by atoms with Crippen molar-refractivity contribution in [1.29, 1.82) is 0 Å². The molecule has 1 saturated heterocycles. The number of phenols is 1. The number of aliphatic imine (C=N–C) groups is 1. The van der Waals surface area contributed by atoms with Crippen molar-refractivity contribution in [1.82, 2.24) is 4.90 Å². The van der Waals surface area contributed by atoms with E-state index in [1.54, 1.807) is 24.3 Å². The van der Waals surface area contributed by atoms with Crippen LogP contribution in [0.3, 0.4) is 0 Å². The second kappa shape index (κ2) is 8.74. The number of aromatic hydroxyl groups is 1. The molecule has 2 aliphatic rings. The van der Waals surface area contributed by atoms with Crippen LogP contribution in [0.1, 0.15) is 24.0 Å². The standard InChI is InChI=1S/C23H24N2O3S/c1-28-20-14-18(7-8-19(20)26)15-21-22(27)24-23(29-21)25-11-9-17(10-12-25)13-16-5-3-2-4-6-16/h2-8,14-15,17,26H,9-13H2,1H3/b21-15-. The fraction of sp³-hybridized carbons (Fsp3) is 0.304.